The van der Waals surface area contributed by atoms with Gasteiger partial charge in [-0.05, 0) is 18.8 Å². The van der Waals surface area contributed by atoms with Gasteiger partial charge in [0.25, 0.3) is 0 Å². The van der Waals surface area contributed by atoms with E-state index in [-0.39, 0.29) is 24.0 Å². The van der Waals surface area contributed by atoms with Crippen LogP contribution in [0.3, 0.4) is 0 Å². The fourth-order valence-corrected chi connectivity index (χ4v) is 2.60. The Hall–Kier alpha value is -0.370. The highest BCUT2D eigenvalue weighted by molar-refractivity contribution is 14.0. The van der Waals surface area contributed by atoms with Crippen LogP contribution in [0, 0.1) is 5.92 Å². The molecule has 4 nitrogen and oxygen atoms in total. The van der Waals surface area contributed by atoms with Gasteiger partial charge in [-0.25, -0.2) is 4.98 Å². The molecule has 2 heterocycles. The van der Waals surface area contributed by atoms with Gasteiger partial charge in [-0.15, -0.1) is 35.3 Å². The largest absolute Gasteiger partial charge is 0.350 e. The van der Waals surface area contributed by atoms with Gasteiger partial charge < -0.3 is 10.2 Å². The summed E-state index contributed by atoms with van der Waals surface area (Å²) in [5.41, 5.74) is 0. The highest BCUT2D eigenvalue weighted by atomic mass is 127. The number of guanidine groups is 1. The minimum absolute atomic E-state index is 0. The summed E-state index contributed by atoms with van der Waals surface area (Å²) in [5, 5.41) is 6.49. The third-order valence-electron chi connectivity index (χ3n) is 3.18. The molecule has 0 bridgehead atoms. The van der Waals surface area contributed by atoms with Gasteiger partial charge in [0.2, 0.25) is 0 Å². The molecule has 0 saturated carbocycles. The number of halogens is 1. The first-order valence-electron chi connectivity index (χ1n) is 6.13. The van der Waals surface area contributed by atoms with E-state index < -0.39 is 0 Å². The second-order valence-electron chi connectivity index (χ2n) is 4.50. The molecule has 2 rings (SSSR count). The van der Waals surface area contributed by atoms with Crippen LogP contribution in [0.15, 0.2) is 16.6 Å². The maximum absolute atomic E-state index is 4.34. The van der Waals surface area contributed by atoms with Crippen LogP contribution >= 0.6 is 35.3 Å². The lowest BCUT2D eigenvalue weighted by atomic mass is 10.00. The molecular weight excluding hydrogens is 359 g/mol. The van der Waals surface area contributed by atoms with Crippen molar-refractivity contribution in [3.05, 3.63) is 16.6 Å². The summed E-state index contributed by atoms with van der Waals surface area (Å²) in [6.45, 7) is 5.32. The zero-order valence-electron chi connectivity index (χ0n) is 10.9. The number of hydrogen-bond acceptors (Lipinski definition) is 3. The number of likely N-dealkylation sites (tertiary alicyclic amines) is 1. The molecule has 0 radical (unpaired) electrons. The SMILES string of the molecule is CN=C(NCc1nccs1)N1CCC(C)CC1.I. The summed E-state index contributed by atoms with van der Waals surface area (Å²) in [5.74, 6) is 1.86. The normalized spacial score (nSPS) is 17.4. The first-order chi connectivity index (χ1) is 8.29. The van der Waals surface area contributed by atoms with E-state index in [0.29, 0.717) is 0 Å². The van der Waals surface area contributed by atoms with Crippen LogP contribution in [-0.4, -0.2) is 36.0 Å². The predicted octanol–water partition coefficient (Wildman–Crippen LogP) is 2.57. The number of hydrogen-bond donors (Lipinski definition) is 1. The Morgan fingerprint density at radius 2 is 2.28 bits per heavy atom. The quantitative estimate of drug-likeness (QED) is 0.487. The molecule has 1 aliphatic rings. The summed E-state index contributed by atoms with van der Waals surface area (Å²) in [6, 6.07) is 0. The van der Waals surface area contributed by atoms with Gasteiger partial charge in [-0.2, -0.15) is 0 Å². The summed E-state index contributed by atoms with van der Waals surface area (Å²) in [6.07, 6.45) is 4.36. The average molecular weight is 380 g/mol. The lowest BCUT2D eigenvalue weighted by Crippen LogP contribution is -2.45. The number of nitrogens with one attached hydrogen (secondary N) is 1. The van der Waals surface area contributed by atoms with Crippen molar-refractivity contribution in [3.8, 4) is 0 Å². The van der Waals surface area contributed by atoms with Crippen molar-refractivity contribution in [2.75, 3.05) is 20.1 Å². The Morgan fingerprint density at radius 1 is 1.56 bits per heavy atom. The standard InChI is InChI=1S/C12H20N4S.HI/c1-10-3-6-16(7-4-10)12(13-2)15-9-11-14-5-8-17-11;/h5,8,10H,3-4,6-7,9H2,1-2H3,(H,13,15);1H. The molecule has 0 aliphatic carbocycles. The molecule has 102 valence electrons. The molecule has 0 atom stereocenters. The number of thiazole rings is 1. The molecule has 0 aromatic carbocycles. The van der Waals surface area contributed by atoms with Crippen LogP contribution in [0.2, 0.25) is 0 Å². The second-order valence-corrected chi connectivity index (χ2v) is 5.48. The van der Waals surface area contributed by atoms with Crippen molar-refractivity contribution in [1.82, 2.24) is 15.2 Å². The van der Waals surface area contributed by atoms with Crippen LogP contribution in [0.25, 0.3) is 0 Å². The number of piperidine rings is 1. The monoisotopic (exact) mass is 380 g/mol. The summed E-state index contributed by atoms with van der Waals surface area (Å²) < 4.78 is 0. The molecule has 1 fully saturated rings. The van der Waals surface area contributed by atoms with Gasteiger partial charge >= 0.3 is 0 Å². The topological polar surface area (TPSA) is 40.5 Å². The molecule has 1 saturated heterocycles. The fourth-order valence-electron chi connectivity index (χ4n) is 2.05. The van der Waals surface area contributed by atoms with E-state index in [2.05, 4.69) is 27.1 Å². The zero-order valence-corrected chi connectivity index (χ0v) is 14.1. The van der Waals surface area contributed by atoms with Crippen LogP contribution in [0.5, 0.6) is 0 Å². The Kier molecular flexibility index (Phi) is 6.91. The van der Waals surface area contributed by atoms with Crippen LogP contribution in [-0.2, 0) is 6.54 Å². The molecule has 1 aromatic heterocycles. The Morgan fingerprint density at radius 3 is 2.83 bits per heavy atom. The van der Waals surface area contributed by atoms with Crippen molar-refractivity contribution >= 4 is 41.3 Å². The van der Waals surface area contributed by atoms with Crippen LogP contribution in [0.4, 0.5) is 0 Å². The van der Waals surface area contributed by atoms with Gasteiger partial charge in [0.15, 0.2) is 5.96 Å². The van der Waals surface area contributed by atoms with Crippen molar-refractivity contribution in [2.24, 2.45) is 10.9 Å². The Labute approximate surface area is 130 Å². The van der Waals surface area contributed by atoms with E-state index >= 15 is 0 Å². The summed E-state index contributed by atoms with van der Waals surface area (Å²) in [7, 11) is 1.85. The van der Waals surface area contributed by atoms with E-state index in [1.165, 1.54) is 12.8 Å². The molecule has 1 aromatic rings. The molecule has 6 heteroatoms. The third kappa shape index (κ3) is 4.38. The van der Waals surface area contributed by atoms with Crippen molar-refractivity contribution in [1.29, 1.82) is 0 Å². The zero-order chi connectivity index (χ0) is 12.1. The van der Waals surface area contributed by atoms with Crippen molar-refractivity contribution in [2.45, 2.75) is 26.3 Å². The van der Waals surface area contributed by atoms with Crippen molar-refractivity contribution < 1.29 is 0 Å². The predicted molar refractivity (Wildman–Crippen MR) is 87.7 cm³/mol. The van der Waals surface area contributed by atoms with Crippen molar-refractivity contribution in [3.63, 3.8) is 0 Å². The average Bonchev–Trinajstić information content (AvgIpc) is 2.85. The van der Waals surface area contributed by atoms with Crippen LogP contribution in [0.1, 0.15) is 24.8 Å². The molecule has 0 amide bonds. The highest BCUT2D eigenvalue weighted by Crippen LogP contribution is 2.16. The summed E-state index contributed by atoms with van der Waals surface area (Å²) in [4.78, 5) is 10.9. The molecule has 0 unspecified atom stereocenters. The van der Waals surface area contributed by atoms with Gasteiger partial charge in [-0.3, -0.25) is 4.99 Å². The maximum atomic E-state index is 4.34. The van der Waals surface area contributed by atoms with Gasteiger partial charge in [0, 0.05) is 31.7 Å². The van der Waals surface area contributed by atoms with E-state index in [1.54, 1.807) is 11.3 Å². The molecule has 0 spiro atoms. The lowest BCUT2D eigenvalue weighted by Gasteiger charge is -2.32. The lowest BCUT2D eigenvalue weighted by molar-refractivity contribution is 0.273. The minimum atomic E-state index is 0. The summed E-state index contributed by atoms with van der Waals surface area (Å²) >= 11 is 1.68. The number of rotatable bonds is 2. The first kappa shape index (κ1) is 15.7. The van der Waals surface area contributed by atoms with Crippen LogP contribution < -0.4 is 5.32 Å². The van der Waals surface area contributed by atoms with Gasteiger partial charge in [0.05, 0.1) is 6.54 Å². The van der Waals surface area contributed by atoms with E-state index in [0.717, 1.165) is 36.5 Å². The Bertz CT molecular complexity index is 358. The van der Waals surface area contributed by atoms with E-state index in [9.17, 15) is 0 Å². The fraction of sp³-hybridized carbons (Fsp3) is 0.667. The highest BCUT2D eigenvalue weighted by Gasteiger charge is 2.18. The van der Waals surface area contributed by atoms with Gasteiger partial charge in [-0.1, -0.05) is 6.92 Å². The maximum Gasteiger partial charge on any atom is 0.193 e. The number of aromatic nitrogens is 1. The first-order valence-corrected chi connectivity index (χ1v) is 7.01. The smallest absolute Gasteiger partial charge is 0.193 e. The van der Waals surface area contributed by atoms with E-state index in [1.807, 2.05) is 18.6 Å². The van der Waals surface area contributed by atoms with Gasteiger partial charge in [0.1, 0.15) is 5.01 Å². The van der Waals surface area contributed by atoms with E-state index in [4.69, 9.17) is 0 Å². The third-order valence-corrected chi connectivity index (χ3v) is 3.96. The second kappa shape index (κ2) is 7.93. The Balaban J connectivity index is 0.00000162. The molecule has 1 aliphatic heterocycles. The molecular formula is C12H21IN4S. The molecule has 18 heavy (non-hydrogen) atoms. The number of nitrogens with zero attached hydrogens (tertiary/aromatic N) is 3. The minimum Gasteiger partial charge on any atom is -0.350 e. The molecule has 1 N–H and O–H groups in total. The number of aliphatic imine (C=N–C) groups is 1.